The van der Waals surface area contributed by atoms with Crippen molar-refractivity contribution in [2.45, 2.75) is 19.3 Å². The van der Waals surface area contributed by atoms with Crippen LogP contribution in [0.3, 0.4) is 0 Å². The van der Waals surface area contributed by atoms with Crippen LogP contribution in [0, 0.1) is 5.92 Å². The molecule has 1 amide bonds. The van der Waals surface area contributed by atoms with Crippen LogP contribution in [0.25, 0.3) is 0 Å². The summed E-state index contributed by atoms with van der Waals surface area (Å²) >= 11 is 0. The Balaban J connectivity index is 1.63. The minimum atomic E-state index is -0.900. The summed E-state index contributed by atoms with van der Waals surface area (Å²) in [7, 11) is 0. The second-order valence-electron chi connectivity index (χ2n) is 6.25. The second-order valence-corrected chi connectivity index (χ2v) is 6.25. The van der Waals surface area contributed by atoms with E-state index in [0.29, 0.717) is 24.3 Å². The molecule has 1 N–H and O–H groups in total. The molecule has 0 spiro atoms. The van der Waals surface area contributed by atoms with E-state index >= 15 is 0 Å². The maximum absolute atomic E-state index is 12.8. The van der Waals surface area contributed by atoms with E-state index in [1.165, 1.54) is 0 Å². The predicted molar refractivity (Wildman–Crippen MR) is 94.9 cm³/mol. The van der Waals surface area contributed by atoms with Crippen LogP contribution in [0.4, 0.5) is 5.69 Å². The van der Waals surface area contributed by atoms with Crippen LogP contribution in [0.5, 0.6) is 5.75 Å². The molecule has 2 aromatic rings. The van der Waals surface area contributed by atoms with Gasteiger partial charge < -0.3 is 14.7 Å². The molecule has 2 aromatic carbocycles. The number of ether oxygens (including phenoxy) is 1. The Kier molecular flexibility index (Phi) is 5.03. The van der Waals surface area contributed by atoms with Gasteiger partial charge in [-0.1, -0.05) is 43.3 Å². The van der Waals surface area contributed by atoms with Crippen molar-refractivity contribution in [1.82, 2.24) is 0 Å². The molecule has 1 heterocycles. The monoisotopic (exact) mass is 339 g/mol. The van der Waals surface area contributed by atoms with Crippen molar-refractivity contribution in [2.24, 2.45) is 5.92 Å². The molecule has 0 radical (unpaired) electrons. The molecule has 0 fully saturated rings. The molecule has 1 aliphatic heterocycles. The summed E-state index contributed by atoms with van der Waals surface area (Å²) in [5.41, 5.74) is 1.41. The van der Waals surface area contributed by atoms with Crippen molar-refractivity contribution < 1.29 is 19.4 Å². The van der Waals surface area contributed by atoms with Crippen LogP contribution in [0.15, 0.2) is 54.6 Å². The highest BCUT2D eigenvalue weighted by Gasteiger charge is 2.37. The lowest BCUT2D eigenvalue weighted by atomic mass is 10.0. The number of aliphatic carboxylic acids is 1. The normalized spacial score (nSPS) is 17.0. The number of rotatable bonds is 6. The summed E-state index contributed by atoms with van der Waals surface area (Å²) in [6, 6.07) is 16.7. The van der Waals surface area contributed by atoms with E-state index in [1.54, 1.807) is 17.0 Å². The van der Waals surface area contributed by atoms with E-state index in [-0.39, 0.29) is 18.4 Å². The van der Waals surface area contributed by atoms with E-state index in [9.17, 15) is 14.7 Å². The van der Waals surface area contributed by atoms with Gasteiger partial charge in [0.2, 0.25) is 5.91 Å². The summed E-state index contributed by atoms with van der Waals surface area (Å²) in [4.78, 5) is 25.9. The Morgan fingerprint density at radius 2 is 1.84 bits per heavy atom. The Morgan fingerprint density at radius 1 is 1.16 bits per heavy atom. The van der Waals surface area contributed by atoms with Crippen LogP contribution in [-0.2, 0) is 9.59 Å². The number of carboxylic acid groups (broad SMARTS) is 1. The van der Waals surface area contributed by atoms with Crippen LogP contribution in [-0.4, -0.2) is 30.1 Å². The van der Waals surface area contributed by atoms with Crippen molar-refractivity contribution >= 4 is 17.6 Å². The van der Waals surface area contributed by atoms with Crippen LogP contribution in [0.1, 0.15) is 24.8 Å². The van der Waals surface area contributed by atoms with Gasteiger partial charge in [-0.15, -0.1) is 0 Å². The molecule has 0 bridgehead atoms. The number of fused-ring (bicyclic) bond motifs is 1. The number of hydrogen-bond donors (Lipinski definition) is 1. The Bertz CT molecular complexity index is 759. The molecular formula is C20H21NO4. The molecule has 2 unspecified atom stereocenters. The molecule has 1 aliphatic rings. The lowest BCUT2D eigenvalue weighted by molar-refractivity contribution is -0.138. The van der Waals surface area contributed by atoms with E-state index < -0.39 is 11.9 Å². The van der Waals surface area contributed by atoms with E-state index in [2.05, 4.69) is 0 Å². The first-order valence-electron chi connectivity index (χ1n) is 8.39. The molecule has 0 aliphatic carbocycles. The van der Waals surface area contributed by atoms with Gasteiger partial charge in [-0.3, -0.25) is 9.59 Å². The fraction of sp³-hybridized carbons (Fsp3) is 0.300. The van der Waals surface area contributed by atoms with Crippen molar-refractivity contribution in [1.29, 1.82) is 0 Å². The number of para-hydroxylation sites is 2. The number of benzene rings is 2. The molecule has 3 rings (SSSR count). The average Bonchev–Trinajstić information content (AvgIpc) is 3.02. The van der Waals surface area contributed by atoms with Crippen molar-refractivity contribution in [2.75, 3.05) is 18.1 Å². The van der Waals surface area contributed by atoms with Crippen LogP contribution in [0.2, 0.25) is 0 Å². The van der Waals surface area contributed by atoms with Crippen molar-refractivity contribution in [3.05, 3.63) is 60.2 Å². The van der Waals surface area contributed by atoms with E-state index in [0.717, 1.165) is 5.75 Å². The summed E-state index contributed by atoms with van der Waals surface area (Å²) < 4.78 is 5.65. The second kappa shape index (κ2) is 7.38. The zero-order valence-corrected chi connectivity index (χ0v) is 14.1. The molecule has 0 saturated heterocycles. The van der Waals surface area contributed by atoms with Gasteiger partial charge in [0, 0.05) is 18.2 Å². The average molecular weight is 339 g/mol. The molecule has 0 aromatic heterocycles. The first kappa shape index (κ1) is 17.0. The minimum Gasteiger partial charge on any atom is -0.494 e. The highest BCUT2D eigenvalue weighted by molar-refractivity contribution is 5.99. The summed E-state index contributed by atoms with van der Waals surface area (Å²) in [5, 5.41) is 9.41. The third-order valence-electron chi connectivity index (χ3n) is 4.52. The molecule has 5 heteroatoms. The quantitative estimate of drug-likeness (QED) is 0.877. The van der Waals surface area contributed by atoms with Gasteiger partial charge in [-0.05, 0) is 30.2 Å². The molecule has 130 valence electrons. The van der Waals surface area contributed by atoms with Crippen LogP contribution >= 0.6 is 0 Å². The van der Waals surface area contributed by atoms with Gasteiger partial charge >= 0.3 is 5.97 Å². The molecule has 0 saturated carbocycles. The molecule has 25 heavy (non-hydrogen) atoms. The van der Waals surface area contributed by atoms with Gasteiger partial charge in [-0.25, -0.2) is 0 Å². The lowest BCUT2D eigenvalue weighted by Gasteiger charge is -2.22. The molecule has 5 nitrogen and oxygen atoms in total. The number of anilines is 1. The van der Waals surface area contributed by atoms with E-state index in [1.807, 2.05) is 49.4 Å². The SMILES string of the molecule is CC(CCOc1ccccc1)C(=O)N1CC(C(=O)O)c2ccccc21. The van der Waals surface area contributed by atoms with Crippen molar-refractivity contribution in [3.63, 3.8) is 0 Å². The highest BCUT2D eigenvalue weighted by atomic mass is 16.5. The van der Waals surface area contributed by atoms with E-state index in [4.69, 9.17) is 4.74 Å². The number of amides is 1. The minimum absolute atomic E-state index is 0.0622. The first-order valence-corrected chi connectivity index (χ1v) is 8.39. The maximum Gasteiger partial charge on any atom is 0.312 e. The Labute approximate surface area is 146 Å². The number of nitrogens with zero attached hydrogens (tertiary/aromatic N) is 1. The number of hydrogen-bond acceptors (Lipinski definition) is 3. The third kappa shape index (κ3) is 3.65. The summed E-state index contributed by atoms with van der Waals surface area (Å²) in [6.07, 6.45) is 0.574. The van der Waals surface area contributed by atoms with Crippen molar-refractivity contribution in [3.8, 4) is 5.75 Å². The summed E-state index contributed by atoms with van der Waals surface area (Å²) in [5.74, 6) is -1.09. The topological polar surface area (TPSA) is 66.8 Å². The van der Waals surface area contributed by atoms with Gasteiger partial charge in [0.1, 0.15) is 11.7 Å². The molecule has 2 atom stereocenters. The maximum atomic E-state index is 12.8. The fourth-order valence-electron chi connectivity index (χ4n) is 3.09. The first-order chi connectivity index (χ1) is 12.1. The van der Waals surface area contributed by atoms with Gasteiger partial charge in [0.25, 0.3) is 0 Å². The highest BCUT2D eigenvalue weighted by Crippen LogP contribution is 2.37. The smallest absolute Gasteiger partial charge is 0.312 e. The zero-order valence-electron chi connectivity index (χ0n) is 14.1. The third-order valence-corrected chi connectivity index (χ3v) is 4.52. The predicted octanol–water partition coefficient (Wildman–Crippen LogP) is 3.31. The van der Waals surface area contributed by atoms with Gasteiger partial charge in [-0.2, -0.15) is 0 Å². The summed E-state index contributed by atoms with van der Waals surface area (Å²) in [6.45, 7) is 2.49. The largest absolute Gasteiger partial charge is 0.494 e. The number of carboxylic acids is 1. The van der Waals surface area contributed by atoms with Gasteiger partial charge in [0.05, 0.1) is 6.61 Å². The zero-order chi connectivity index (χ0) is 17.8. The number of carbonyl (C=O) groups excluding carboxylic acids is 1. The van der Waals surface area contributed by atoms with Crippen LogP contribution < -0.4 is 9.64 Å². The lowest BCUT2D eigenvalue weighted by Crippen LogP contribution is -2.35. The fourth-order valence-corrected chi connectivity index (χ4v) is 3.09. The molecular weight excluding hydrogens is 318 g/mol. The standard InChI is InChI=1S/C20H21NO4/c1-14(11-12-25-15-7-3-2-4-8-15)19(22)21-13-17(20(23)24)16-9-5-6-10-18(16)21/h2-10,14,17H,11-13H2,1H3,(H,23,24). The van der Waals surface area contributed by atoms with Gasteiger partial charge in [0.15, 0.2) is 0 Å². The Hall–Kier alpha value is -2.82. The number of carbonyl (C=O) groups is 2. The Morgan fingerprint density at radius 3 is 2.56 bits per heavy atom.